The minimum atomic E-state index is -0.0675. The molecule has 0 bridgehead atoms. The molecule has 9 aromatic carbocycles. The molecule has 0 saturated carbocycles. The molecule has 0 aliphatic carbocycles. The molecule has 0 unspecified atom stereocenters. The Morgan fingerprint density at radius 3 is 1.12 bits per heavy atom. The minimum absolute atomic E-state index is 0.0249. The van der Waals surface area contributed by atoms with Crippen molar-refractivity contribution >= 4 is 89.5 Å². The molecule has 67 heavy (non-hydrogen) atoms. The van der Waals surface area contributed by atoms with Crippen LogP contribution in [-0.4, -0.2) is 6.71 Å². The first-order chi connectivity index (χ1) is 31.7. The Hall–Kier alpha value is -6.58. The van der Waals surface area contributed by atoms with E-state index in [4.69, 9.17) is 0 Å². The Morgan fingerprint density at radius 1 is 0.328 bits per heavy atom. The molecule has 0 fully saturated rings. The Morgan fingerprint density at radius 2 is 0.701 bits per heavy atom. The third-order valence-corrected chi connectivity index (χ3v) is 14.7. The van der Waals surface area contributed by atoms with Crippen molar-refractivity contribution < 1.29 is 0 Å². The van der Waals surface area contributed by atoms with Gasteiger partial charge >= 0.3 is 0 Å². The van der Waals surface area contributed by atoms with Crippen LogP contribution in [0.2, 0.25) is 0 Å². The number of hydrogen-bond acceptors (Lipinski definition) is 2. The maximum Gasteiger partial charge on any atom is 0.252 e. The highest BCUT2D eigenvalue weighted by atomic mass is 15.2. The van der Waals surface area contributed by atoms with E-state index in [0.29, 0.717) is 0 Å². The maximum atomic E-state index is 2.67. The van der Waals surface area contributed by atoms with Crippen molar-refractivity contribution in [1.82, 2.24) is 0 Å². The molecule has 0 amide bonds. The van der Waals surface area contributed by atoms with E-state index in [1.807, 2.05) is 0 Å². The van der Waals surface area contributed by atoms with Crippen LogP contribution in [0.25, 0.3) is 43.4 Å². The fraction of sp³-hybridized carbons (Fsp3) is 0.250. The SMILES string of the molecule is CC(C)(C)c1cc(N2c3cc(-c4ccc5ccccc5c4)cc4c3B(c3ccc5ccccc5c32)c2ccc3ccccc3c2N4c2cc(C(C)(C)C)cc(C(C)(C)C)c2)cc(C(C)(C)C)c1. The van der Waals surface area contributed by atoms with Gasteiger partial charge in [-0.2, -0.15) is 0 Å². The van der Waals surface area contributed by atoms with Crippen LogP contribution < -0.4 is 26.2 Å². The van der Waals surface area contributed by atoms with Gasteiger partial charge in [-0.1, -0.05) is 204 Å². The molecular formula is C64H63BN2. The molecule has 3 heteroatoms. The lowest BCUT2D eigenvalue weighted by atomic mass is 9.33. The van der Waals surface area contributed by atoms with Gasteiger partial charge in [-0.05, 0) is 135 Å². The number of benzene rings is 9. The molecule has 2 heterocycles. The number of anilines is 6. The summed E-state index contributed by atoms with van der Waals surface area (Å²) >= 11 is 0. The summed E-state index contributed by atoms with van der Waals surface area (Å²) in [6.45, 7) is 28.2. The second kappa shape index (κ2) is 15.0. The van der Waals surface area contributed by atoms with Gasteiger partial charge in [-0.15, -0.1) is 0 Å². The number of fused-ring (bicyclic) bond motifs is 9. The predicted molar refractivity (Wildman–Crippen MR) is 293 cm³/mol. The average molecular weight is 871 g/mol. The molecule has 0 N–H and O–H groups in total. The van der Waals surface area contributed by atoms with E-state index in [1.165, 1.54) is 116 Å². The van der Waals surface area contributed by atoms with Gasteiger partial charge in [0.1, 0.15) is 0 Å². The van der Waals surface area contributed by atoms with Gasteiger partial charge in [0.2, 0.25) is 0 Å². The topological polar surface area (TPSA) is 6.48 Å². The van der Waals surface area contributed by atoms with Crippen molar-refractivity contribution in [3.05, 3.63) is 186 Å². The van der Waals surface area contributed by atoms with Gasteiger partial charge in [-0.25, -0.2) is 0 Å². The Balaban J connectivity index is 1.34. The smallest absolute Gasteiger partial charge is 0.252 e. The standard InChI is InChI=1S/C64H63BN2/c1-61(2,3)46-34-47(62(4,5)6)37-50(36-46)66-56-32-45(44-26-25-40-19-13-14-22-43(40)31-44)33-57-58(56)65(54-29-27-41-20-15-17-23-52(41)59(54)66)55-30-28-42-21-16-18-24-53(42)60(55)67(57)51-38-48(63(7,8)9)35-49(39-51)64(10,11)12/h13-39H,1-12H3. The van der Waals surface area contributed by atoms with Crippen molar-refractivity contribution in [2.24, 2.45) is 0 Å². The van der Waals surface area contributed by atoms with Crippen LogP contribution in [0.15, 0.2) is 164 Å². The number of nitrogens with zero attached hydrogens (tertiary/aromatic N) is 2. The van der Waals surface area contributed by atoms with E-state index in [-0.39, 0.29) is 28.4 Å². The van der Waals surface area contributed by atoms with E-state index in [9.17, 15) is 0 Å². The first kappa shape index (κ1) is 43.0. The Bertz CT molecular complexity index is 3220. The number of hydrogen-bond donors (Lipinski definition) is 0. The first-order valence-electron chi connectivity index (χ1n) is 24.4. The normalized spacial score (nSPS) is 13.9. The molecule has 332 valence electrons. The second-order valence-electron chi connectivity index (χ2n) is 23.6. The van der Waals surface area contributed by atoms with Crippen LogP contribution in [0.5, 0.6) is 0 Å². The van der Waals surface area contributed by atoms with Gasteiger partial charge in [0.25, 0.3) is 6.71 Å². The van der Waals surface area contributed by atoms with Gasteiger partial charge in [0, 0.05) is 44.9 Å². The summed E-state index contributed by atoms with van der Waals surface area (Å²) in [5, 5.41) is 7.50. The van der Waals surface area contributed by atoms with E-state index in [2.05, 4.69) is 257 Å². The molecule has 0 aromatic heterocycles. The lowest BCUT2D eigenvalue weighted by molar-refractivity contribution is 0.568. The van der Waals surface area contributed by atoms with Crippen molar-refractivity contribution in [2.75, 3.05) is 9.80 Å². The highest BCUT2D eigenvalue weighted by Gasteiger charge is 2.45. The number of rotatable bonds is 3. The van der Waals surface area contributed by atoms with Gasteiger partial charge in [0.05, 0.1) is 0 Å². The van der Waals surface area contributed by atoms with Crippen LogP contribution in [-0.2, 0) is 21.7 Å². The summed E-state index contributed by atoms with van der Waals surface area (Å²) in [5.41, 5.74) is 18.9. The van der Waals surface area contributed by atoms with E-state index in [0.717, 1.165) is 0 Å². The first-order valence-corrected chi connectivity index (χ1v) is 24.4. The molecule has 2 nitrogen and oxygen atoms in total. The fourth-order valence-electron chi connectivity index (χ4n) is 10.8. The fourth-order valence-corrected chi connectivity index (χ4v) is 10.8. The molecule has 0 spiro atoms. The van der Waals surface area contributed by atoms with Crippen molar-refractivity contribution in [2.45, 2.75) is 105 Å². The van der Waals surface area contributed by atoms with E-state index < -0.39 is 0 Å². The third kappa shape index (κ3) is 7.16. The van der Waals surface area contributed by atoms with Crippen molar-refractivity contribution in [3.63, 3.8) is 0 Å². The minimum Gasteiger partial charge on any atom is -0.311 e. The van der Waals surface area contributed by atoms with Crippen LogP contribution in [0.3, 0.4) is 0 Å². The molecule has 0 saturated heterocycles. The Kier molecular flexibility index (Phi) is 9.61. The molecule has 2 aliphatic rings. The van der Waals surface area contributed by atoms with Crippen LogP contribution in [0.1, 0.15) is 105 Å². The molecule has 0 atom stereocenters. The quantitative estimate of drug-likeness (QED) is 0.163. The van der Waals surface area contributed by atoms with Crippen LogP contribution in [0.4, 0.5) is 34.1 Å². The van der Waals surface area contributed by atoms with Gasteiger partial charge < -0.3 is 9.80 Å². The maximum absolute atomic E-state index is 2.67. The zero-order valence-corrected chi connectivity index (χ0v) is 41.6. The summed E-state index contributed by atoms with van der Waals surface area (Å²) in [4.78, 5) is 5.33. The zero-order valence-electron chi connectivity index (χ0n) is 41.6. The average Bonchev–Trinajstić information content (AvgIpc) is 3.29. The zero-order chi connectivity index (χ0) is 46.9. The third-order valence-electron chi connectivity index (χ3n) is 14.7. The van der Waals surface area contributed by atoms with Crippen LogP contribution >= 0.6 is 0 Å². The molecule has 0 radical (unpaired) electrons. The molecule has 9 aromatic rings. The summed E-state index contributed by atoms with van der Waals surface area (Å²) in [5.74, 6) is 0. The molecule has 11 rings (SSSR count). The highest BCUT2D eigenvalue weighted by Crippen LogP contribution is 2.51. The largest absolute Gasteiger partial charge is 0.311 e. The predicted octanol–water partition coefficient (Wildman–Crippen LogP) is 16.1. The lowest BCUT2D eigenvalue weighted by Gasteiger charge is -2.46. The second-order valence-corrected chi connectivity index (χ2v) is 23.6. The van der Waals surface area contributed by atoms with E-state index in [1.54, 1.807) is 0 Å². The van der Waals surface area contributed by atoms with E-state index >= 15 is 0 Å². The van der Waals surface area contributed by atoms with Crippen LogP contribution in [0, 0.1) is 0 Å². The summed E-state index contributed by atoms with van der Waals surface area (Å²) in [7, 11) is 0. The van der Waals surface area contributed by atoms with Crippen molar-refractivity contribution in [1.29, 1.82) is 0 Å². The molecular weight excluding hydrogens is 808 g/mol. The summed E-state index contributed by atoms with van der Waals surface area (Å²) in [6.07, 6.45) is 0. The van der Waals surface area contributed by atoms with Gasteiger partial charge in [0.15, 0.2) is 0 Å². The van der Waals surface area contributed by atoms with Crippen molar-refractivity contribution in [3.8, 4) is 11.1 Å². The monoisotopic (exact) mass is 871 g/mol. The Labute approximate surface area is 399 Å². The summed E-state index contributed by atoms with van der Waals surface area (Å²) < 4.78 is 0. The lowest BCUT2D eigenvalue weighted by Crippen LogP contribution is -2.61. The molecule has 2 aliphatic heterocycles. The van der Waals surface area contributed by atoms with Gasteiger partial charge in [-0.3, -0.25) is 0 Å². The summed E-state index contributed by atoms with van der Waals surface area (Å²) in [6, 6.07) is 63.4. The highest BCUT2D eigenvalue weighted by molar-refractivity contribution is 7.00.